The lowest BCUT2D eigenvalue weighted by Gasteiger charge is -2.34. The zero-order valence-corrected chi connectivity index (χ0v) is 10.9. The second-order valence-electron chi connectivity index (χ2n) is 5.56. The Labute approximate surface area is 116 Å². The van der Waals surface area contributed by atoms with Gasteiger partial charge in [0.15, 0.2) is 5.54 Å². The number of rotatable bonds is 1. The molecular weight excluding hydrogens is 254 g/mol. The van der Waals surface area contributed by atoms with Crippen LogP contribution in [0.3, 0.4) is 0 Å². The Morgan fingerprint density at radius 3 is 3.00 bits per heavy atom. The molecule has 1 aromatic rings. The molecule has 1 spiro atoms. The average molecular weight is 269 g/mol. The molecule has 1 unspecified atom stereocenters. The normalized spacial score (nSPS) is 31.1. The molecule has 0 radical (unpaired) electrons. The molecule has 1 saturated heterocycles. The highest BCUT2D eigenvalue weighted by Crippen LogP contribution is 2.52. The maximum Gasteiger partial charge on any atom is 0.254 e. The van der Waals surface area contributed by atoms with Gasteiger partial charge in [-0.25, -0.2) is 0 Å². The monoisotopic (exact) mass is 269 g/mol. The molecule has 4 rings (SSSR count). The van der Waals surface area contributed by atoms with Gasteiger partial charge < -0.3 is 11.1 Å². The molecule has 0 saturated carbocycles. The molecule has 0 aliphatic carbocycles. The van der Waals surface area contributed by atoms with Crippen LogP contribution < -0.4 is 11.1 Å². The fourth-order valence-corrected chi connectivity index (χ4v) is 3.91. The van der Waals surface area contributed by atoms with Crippen LogP contribution in [0.15, 0.2) is 35.9 Å². The second kappa shape index (κ2) is 3.70. The largest absolute Gasteiger partial charge is 0.366 e. The van der Waals surface area contributed by atoms with Crippen molar-refractivity contribution in [2.24, 2.45) is 5.73 Å². The molecule has 1 fully saturated rings. The van der Waals surface area contributed by atoms with Crippen LogP contribution in [0, 0.1) is 0 Å². The van der Waals surface area contributed by atoms with E-state index in [1.807, 2.05) is 30.3 Å². The van der Waals surface area contributed by atoms with Gasteiger partial charge in [-0.15, -0.1) is 0 Å². The average Bonchev–Trinajstić information content (AvgIpc) is 3.05. The summed E-state index contributed by atoms with van der Waals surface area (Å²) in [5, 5.41) is 2.90. The van der Waals surface area contributed by atoms with Crippen molar-refractivity contribution >= 4 is 17.5 Å². The number of nitrogens with zero attached hydrogens (tertiary/aromatic N) is 1. The summed E-state index contributed by atoms with van der Waals surface area (Å²) >= 11 is 0. The third kappa shape index (κ3) is 1.16. The van der Waals surface area contributed by atoms with Gasteiger partial charge in [-0.3, -0.25) is 14.5 Å². The molecular formula is C15H15N3O2. The van der Waals surface area contributed by atoms with Crippen LogP contribution in [0.2, 0.25) is 0 Å². The smallest absolute Gasteiger partial charge is 0.254 e. The summed E-state index contributed by atoms with van der Waals surface area (Å²) in [5.74, 6) is -0.667. The van der Waals surface area contributed by atoms with Gasteiger partial charge in [-0.1, -0.05) is 24.3 Å². The van der Waals surface area contributed by atoms with E-state index in [-0.39, 0.29) is 11.9 Å². The number of primary amides is 1. The quantitative estimate of drug-likeness (QED) is 0.789. The number of nitrogens with two attached hydrogens (primary N) is 1. The van der Waals surface area contributed by atoms with Gasteiger partial charge in [0.1, 0.15) is 0 Å². The van der Waals surface area contributed by atoms with Crippen LogP contribution in [0.5, 0.6) is 0 Å². The first kappa shape index (κ1) is 11.7. The lowest BCUT2D eigenvalue weighted by molar-refractivity contribution is -0.127. The number of carbonyl (C=O) groups is 2. The van der Waals surface area contributed by atoms with Gasteiger partial charge >= 0.3 is 0 Å². The first-order valence-corrected chi connectivity index (χ1v) is 6.85. The molecule has 0 aromatic heterocycles. The van der Waals surface area contributed by atoms with Crippen LogP contribution >= 0.6 is 0 Å². The molecule has 2 atom stereocenters. The Balaban J connectivity index is 2.00. The lowest BCUT2D eigenvalue weighted by Crippen LogP contribution is -2.51. The zero-order valence-electron chi connectivity index (χ0n) is 10.9. The highest BCUT2D eigenvalue weighted by atomic mass is 16.2. The molecule has 5 nitrogen and oxygen atoms in total. The van der Waals surface area contributed by atoms with E-state index in [2.05, 4.69) is 10.2 Å². The van der Waals surface area contributed by atoms with E-state index >= 15 is 0 Å². The maximum absolute atomic E-state index is 12.7. The van der Waals surface area contributed by atoms with Crippen molar-refractivity contribution in [1.82, 2.24) is 4.90 Å². The highest BCUT2D eigenvalue weighted by molar-refractivity contribution is 6.15. The van der Waals surface area contributed by atoms with Crippen molar-refractivity contribution in [2.75, 3.05) is 11.9 Å². The van der Waals surface area contributed by atoms with Crippen molar-refractivity contribution in [1.29, 1.82) is 0 Å². The standard InChI is InChI=1S/C15H15N3O2/c16-13(19)11-8-9-4-3-7-18(9)15(11)10-5-1-2-6-12(10)17-14(15)20/h1-2,5-6,8-9H,3-4,7H2,(H2,16,19)(H,17,20)/t9?,15-/m0/s1. The number of hydrogen-bond acceptors (Lipinski definition) is 3. The van der Waals surface area contributed by atoms with Gasteiger partial charge in [0.05, 0.1) is 0 Å². The summed E-state index contributed by atoms with van der Waals surface area (Å²) in [7, 11) is 0. The van der Waals surface area contributed by atoms with E-state index in [4.69, 9.17) is 5.73 Å². The van der Waals surface area contributed by atoms with Crippen molar-refractivity contribution < 1.29 is 9.59 Å². The Hall–Kier alpha value is -2.14. The summed E-state index contributed by atoms with van der Waals surface area (Å²) in [5.41, 5.74) is 6.59. The van der Waals surface area contributed by atoms with Crippen molar-refractivity contribution in [3.05, 3.63) is 41.5 Å². The molecule has 3 aliphatic rings. The minimum absolute atomic E-state index is 0.134. The van der Waals surface area contributed by atoms with Crippen LogP contribution in [-0.2, 0) is 15.1 Å². The van der Waals surface area contributed by atoms with Crippen LogP contribution in [-0.4, -0.2) is 29.3 Å². The third-order valence-corrected chi connectivity index (χ3v) is 4.64. The highest BCUT2D eigenvalue weighted by Gasteiger charge is 2.60. The first-order chi connectivity index (χ1) is 9.65. The van der Waals surface area contributed by atoms with Gasteiger partial charge in [0.2, 0.25) is 5.91 Å². The van der Waals surface area contributed by atoms with E-state index in [0.717, 1.165) is 30.6 Å². The van der Waals surface area contributed by atoms with Gasteiger partial charge in [0.25, 0.3) is 5.91 Å². The van der Waals surface area contributed by atoms with Crippen molar-refractivity contribution in [3.63, 3.8) is 0 Å². The maximum atomic E-state index is 12.7. The van der Waals surface area contributed by atoms with E-state index < -0.39 is 11.4 Å². The topological polar surface area (TPSA) is 75.4 Å². The van der Waals surface area contributed by atoms with E-state index in [9.17, 15) is 9.59 Å². The van der Waals surface area contributed by atoms with Gasteiger partial charge in [-0.2, -0.15) is 0 Å². The number of para-hydroxylation sites is 1. The molecule has 102 valence electrons. The molecule has 20 heavy (non-hydrogen) atoms. The number of nitrogens with one attached hydrogen (secondary N) is 1. The predicted octanol–water partition coefficient (Wildman–Crippen LogP) is 0.724. The van der Waals surface area contributed by atoms with E-state index in [0.29, 0.717) is 5.57 Å². The molecule has 5 heteroatoms. The molecule has 3 aliphatic heterocycles. The van der Waals surface area contributed by atoms with E-state index in [1.54, 1.807) is 0 Å². The van der Waals surface area contributed by atoms with Crippen LogP contribution in [0.4, 0.5) is 5.69 Å². The van der Waals surface area contributed by atoms with Crippen LogP contribution in [0.25, 0.3) is 0 Å². The number of fused-ring (bicyclic) bond motifs is 4. The summed E-state index contributed by atoms with van der Waals surface area (Å²) in [6.07, 6.45) is 3.88. The van der Waals surface area contributed by atoms with Gasteiger partial charge in [0, 0.05) is 29.4 Å². The van der Waals surface area contributed by atoms with Crippen molar-refractivity contribution in [3.8, 4) is 0 Å². The Morgan fingerprint density at radius 2 is 2.20 bits per heavy atom. The Morgan fingerprint density at radius 1 is 1.40 bits per heavy atom. The molecule has 3 heterocycles. The summed E-state index contributed by atoms with van der Waals surface area (Å²) in [6, 6.07) is 7.68. The number of benzene rings is 1. The lowest BCUT2D eigenvalue weighted by atomic mass is 9.83. The SMILES string of the molecule is NC(=O)C1=CC2CCCN2[C@]12C(=O)Nc1ccccc12. The molecule has 1 aromatic carbocycles. The summed E-state index contributed by atoms with van der Waals surface area (Å²) in [6.45, 7) is 0.805. The minimum Gasteiger partial charge on any atom is -0.366 e. The first-order valence-electron chi connectivity index (χ1n) is 6.85. The number of hydrogen-bond donors (Lipinski definition) is 2. The summed E-state index contributed by atoms with van der Waals surface area (Å²) in [4.78, 5) is 26.7. The number of amides is 2. The molecule has 2 amide bonds. The number of carbonyl (C=O) groups excluding carboxylic acids is 2. The zero-order chi connectivity index (χ0) is 13.9. The Kier molecular flexibility index (Phi) is 2.16. The second-order valence-corrected chi connectivity index (χ2v) is 5.56. The molecule has 0 bridgehead atoms. The Bertz CT molecular complexity index is 667. The number of anilines is 1. The van der Waals surface area contributed by atoms with Crippen molar-refractivity contribution in [2.45, 2.75) is 24.4 Å². The fourth-order valence-electron chi connectivity index (χ4n) is 3.91. The molecule has 3 N–H and O–H groups in total. The fraction of sp³-hybridized carbons (Fsp3) is 0.333. The third-order valence-electron chi connectivity index (χ3n) is 4.64. The minimum atomic E-state index is -1.01. The van der Waals surface area contributed by atoms with Gasteiger partial charge in [-0.05, 0) is 18.9 Å². The van der Waals surface area contributed by atoms with E-state index in [1.165, 1.54) is 0 Å². The predicted molar refractivity (Wildman–Crippen MR) is 73.8 cm³/mol. The summed E-state index contributed by atoms with van der Waals surface area (Å²) < 4.78 is 0. The van der Waals surface area contributed by atoms with Crippen LogP contribution in [0.1, 0.15) is 18.4 Å².